The van der Waals surface area contributed by atoms with Crippen molar-refractivity contribution in [2.45, 2.75) is 19.2 Å². The fraction of sp³-hybridized carbons (Fsp3) is 0.200. The van der Waals surface area contributed by atoms with Gasteiger partial charge in [-0.1, -0.05) is 18.2 Å². The Bertz CT molecular complexity index is 721. The van der Waals surface area contributed by atoms with Crippen molar-refractivity contribution in [3.63, 3.8) is 0 Å². The number of pyridine rings is 1. The van der Waals surface area contributed by atoms with E-state index in [2.05, 4.69) is 4.98 Å². The summed E-state index contributed by atoms with van der Waals surface area (Å²) in [5.41, 5.74) is -0.714. The summed E-state index contributed by atoms with van der Waals surface area (Å²) in [7, 11) is 0. The lowest BCUT2D eigenvalue weighted by atomic mass is 10.1. The molecule has 0 saturated carbocycles. The van der Waals surface area contributed by atoms with Crippen molar-refractivity contribution in [3.05, 3.63) is 53.2 Å². The standard InChI is InChI=1S/C15H11F3N2O2/c1-9(21)11-5-2-4-10(8-19)14(11)22-13-7-3-6-12(20-13)15(16,17)18/h2-7,9,21H,1H3. The topological polar surface area (TPSA) is 66.1 Å². The number of aliphatic hydroxyl groups excluding tert-OH is 1. The van der Waals surface area contributed by atoms with Crippen LogP contribution in [0.15, 0.2) is 36.4 Å². The molecule has 0 radical (unpaired) electrons. The van der Waals surface area contributed by atoms with Gasteiger partial charge in [-0.2, -0.15) is 18.4 Å². The smallest absolute Gasteiger partial charge is 0.433 e. The molecule has 7 heteroatoms. The third-order valence-electron chi connectivity index (χ3n) is 2.84. The molecule has 0 bridgehead atoms. The Morgan fingerprint density at radius 3 is 2.50 bits per heavy atom. The molecule has 1 N–H and O–H groups in total. The zero-order valence-corrected chi connectivity index (χ0v) is 11.4. The molecule has 0 aliphatic rings. The number of halogens is 3. The summed E-state index contributed by atoms with van der Waals surface area (Å²) < 4.78 is 43.3. The highest BCUT2D eigenvalue weighted by molar-refractivity contribution is 5.50. The first-order valence-electron chi connectivity index (χ1n) is 6.26. The number of aromatic nitrogens is 1. The monoisotopic (exact) mass is 308 g/mol. The van der Waals surface area contributed by atoms with Crippen molar-refractivity contribution in [1.29, 1.82) is 5.26 Å². The average molecular weight is 308 g/mol. The first kappa shape index (κ1) is 15.8. The van der Waals surface area contributed by atoms with Crippen LogP contribution in [0.3, 0.4) is 0 Å². The number of nitriles is 1. The van der Waals surface area contributed by atoms with Crippen molar-refractivity contribution in [2.24, 2.45) is 0 Å². The molecule has 114 valence electrons. The molecule has 1 atom stereocenters. The van der Waals surface area contributed by atoms with Crippen molar-refractivity contribution < 1.29 is 23.0 Å². The summed E-state index contributed by atoms with van der Waals surface area (Å²) in [5.74, 6) is -0.314. The number of hydrogen-bond acceptors (Lipinski definition) is 4. The zero-order valence-electron chi connectivity index (χ0n) is 11.4. The van der Waals surface area contributed by atoms with E-state index in [9.17, 15) is 18.3 Å². The first-order valence-corrected chi connectivity index (χ1v) is 6.26. The highest BCUT2D eigenvalue weighted by Crippen LogP contribution is 2.34. The molecule has 2 rings (SSSR count). The molecule has 2 aromatic rings. The van der Waals surface area contributed by atoms with Crippen LogP contribution in [0.1, 0.15) is 29.8 Å². The normalized spacial score (nSPS) is 12.5. The number of nitrogens with zero attached hydrogens (tertiary/aromatic N) is 2. The van der Waals surface area contributed by atoms with Gasteiger partial charge in [0.2, 0.25) is 5.88 Å². The second-order valence-corrected chi connectivity index (χ2v) is 4.47. The predicted molar refractivity (Wildman–Crippen MR) is 71.1 cm³/mol. The van der Waals surface area contributed by atoms with Gasteiger partial charge in [0.15, 0.2) is 5.75 Å². The van der Waals surface area contributed by atoms with Crippen molar-refractivity contribution in [3.8, 4) is 17.7 Å². The summed E-state index contributed by atoms with van der Waals surface area (Å²) in [6, 6.07) is 9.60. The number of alkyl halides is 3. The molecule has 0 amide bonds. The summed E-state index contributed by atoms with van der Waals surface area (Å²) in [4.78, 5) is 3.38. The molecule has 0 saturated heterocycles. The molecule has 1 aromatic carbocycles. The van der Waals surface area contributed by atoms with E-state index < -0.39 is 18.0 Å². The molecule has 0 aliphatic carbocycles. The summed E-state index contributed by atoms with van der Waals surface area (Å²) in [5, 5.41) is 18.8. The van der Waals surface area contributed by atoms with E-state index in [0.29, 0.717) is 5.56 Å². The minimum absolute atomic E-state index is 0.00757. The second kappa shape index (κ2) is 6.03. The Labute approximate surface area is 124 Å². The summed E-state index contributed by atoms with van der Waals surface area (Å²) in [6.45, 7) is 1.46. The van der Waals surface area contributed by atoms with Crippen molar-refractivity contribution in [2.75, 3.05) is 0 Å². The highest BCUT2D eigenvalue weighted by atomic mass is 19.4. The van der Waals surface area contributed by atoms with Crippen LogP contribution in [0.4, 0.5) is 13.2 Å². The quantitative estimate of drug-likeness (QED) is 0.936. The largest absolute Gasteiger partial charge is 0.437 e. The molecule has 1 heterocycles. The van der Waals surface area contributed by atoms with E-state index in [4.69, 9.17) is 10.00 Å². The predicted octanol–water partition coefficient (Wildman–Crippen LogP) is 3.82. The van der Waals surface area contributed by atoms with Gasteiger partial charge in [0.05, 0.1) is 11.7 Å². The number of para-hydroxylation sites is 1. The maximum absolute atomic E-state index is 12.6. The molecule has 1 aromatic heterocycles. The molecule has 22 heavy (non-hydrogen) atoms. The third-order valence-corrected chi connectivity index (χ3v) is 2.84. The van der Waals surface area contributed by atoms with E-state index in [1.54, 1.807) is 6.07 Å². The van der Waals surface area contributed by atoms with Gasteiger partial charge in [-0.3, -0.25) is 0 Å². The minimum atomic E-state index is -4.60. The van der Waals surface area contributed by atoms with Crippen molar-refractivity contribution >= 4 is 0 Å². The van der Waals surface area contributed by atoms with Gasteiger partial charge in [0.1, 0.15) is 11.8 Å². The molecule has 4 nitrogen and oxygen atoms in total. The van der Waals surface area contributed by atoms with Crippen LogP contribution < -0.4 is 4.74 Å². The van der Waals surface area contributed by atoms with E-state index in [1.807, 2.05) is 6.07 Å². The minimum Gasteiger partial charge on any atom is -0.437 e. The molecular formula is C15H11F3N2O2. The van der Waals surface area contributed by atoms with Gasteiger partial charge in [-0.15, -0.1) is 0 Å². The van der Waals surface area contributed by atoms with Crippen LogP contribution >= 0.6 is 0 Å². The lowest BCUT2D eigenvalue weighted by molar-refractivity contribution is -0.141. The Morgan fingerprint density at radius 2 is 1.91 bits per heavy atom. The van der Waals surface area contributed by atoms with Crippen LogP contribution in [-0.4, -0.2) is 10.1 Å². The highest BCUT2D eigenvalue weighted by Gasteiger charge is 2.32. The van der Waals surface area contributed by atoms with Gasteiger partial charge in [-0.05, 0) is 19.1 Å². The van der Waals surface area contributed by atoms with E-state index in [0.717, 1.165) is 12.1 Å². The Hall–Kier alpha value is -2.59. The fourth-order valence-corrected chi connectivity index (χ4v) is 1.82. The van der Waals surface area contributed by atoms with Crippen LogP contribution in [0, 0.1) is 11.3 Å². The Kier molecular flexibility index (Phi) is 4.33. The van der Waals surface area contributed by atoms with E-state index in [-0.39, 0.29) is 17.2 Å². The molecule has 0 spiro atoms. The Balaban J connectivity index is 2.46. The number of rotatable bonds is 3. The molecular weight excluding hydrogens is 297 g/mol. The van der Waals surface area contributed by atoms with E-state index >= 15 is 0 Å². The third kappa shape index (κ3) is 3.35. The SMILES string of the molecule is CC(O)c1cccc(C#N)c1Oc1cccc(C(F)(F)F)n1. The van der Waals surface area contributed by atoms with Crippen LogP contribution in [0.25, 0.3) is 0 Å². The number of benzene rings is 1. The van der Waals surface area contributed by atoms with Gasteiger partial charge in [0, 0.05) is 11.6 Å². The molecule has 1 unspecified atom stereocenters. The number of ether oxygens (including phenoxy) is 1. The van der Waals surface area contributed by atoms with Gasteiger partial charge in [-0.25, -0.2) is 4.98 Å². The Morgan fingerprint density at radius 1 is 1.23 bits per heavy atom. The van der Waals surface area contributed by atoms with Crippen LogP contribution in [-0.2, 0) is 6.18 Å². The van der Waals surface area contributed by atoms with Crippen LogP contribution in [0.5, 0.6) is 11.6 Å². The first-order chi connectivity index (χ1) is 10.3. The molecule has 0 fully saturated rings. The van der Waals surface area contributed by atoms with Gasteiger partial charge in [0.25, 0.3) is 0 Å². The van der Waals surface area contributed by atoms with Gasteiger partial charge >= 0.3 is 6.18 Å². The van der Waals surface area contributed by atoms with E-state index in [1.165, 1.54) is 25.1 Å². The van der Waals surface area contributed by atoms with Gasteiger partial charge < -0.3 is 9.84 Å². The number of aliphatic hydroxyl groups is 1. The lowest BCUT2D eigenvalue weighted by Crippen LogP contribution is -2.08. The lowest BCUT2D eigenvalue weighted by Gasteiger charge is -2.14. The fourth-order valence-electron chi connectivity index (χ4n) is 1.82. The molecule has 0 aliphatic heterocycles. The van der Waals surface area contributed by atoms with Crippen molar-refractivity contribution in [1.82, 2.24) is 4.98 Å². The maximum Gasteiger partial charge on any atom is 0.433 e. The maximum atomic E-state index is 12.6. The summed E-state index contributed by atoms with van der Waals surface area (Å²) >= 11 is 0. The van der Waals surface area contributed by atoms with Crippen LogP contribution in [0.2, 0.25) is 0 Å². The second-order valence-electron chi connectivity index (χ2n) is 4.47. The summed E-state index contributed by atoms with van der Waals surface area (Å²) in [6.07, 6.45) is -5.55. The zero-order chi connectivity index (χ0) is 16.3. The average Bonchev–Trinajstić information content (AvgIpc) is 2.46. The number of hydrogen-bond donors (Lipinski definition) is 1.